The van der Waals surface area contributed by atoms with Crippen LogP contribution in [0.4, 0.5) is 5.69 Å². The van der Waals surface area contributed by atoms with Crippen LogP contribution in [0.2, 0.25) is 0 Å². The largest absolute Gasteiger partial charge is 0.482 e. The smallest absolute Gasteiger partial charge is 0.341 e. The first-order valence-corrected chi connectivity index (χ1v) is 10.1. The lowest BCUT2D eigenvalue weighted by Gasteiger charge is -2.08. The normalized spacial score (nSPS) is 11.0. The van der Waals surface area contributed by atoms with Crippen LogP contribution in [0.1, 0.15) is 12.0 Å². The Hall–Kier alpha value is -2.87. The van der Waals surface area contributed by atoms with E-state index in [1.807, 2.05) is 30.3 Å². The molecule has 0 bridgehead atoms. The number of hydrogen-bond donors (Lipinski definition) is 2. The van der Waals surface area contributed by atoms with Gasteiger partial charge in [-0.2, -0.15) is 0 Å². The highest BCUT2D eigenvalue weighted by atomic mass is 32.2. The Balaban J connectivity index is 1.78. The fourth-order valence-electron chi connectivity index (χ4n) is 2.39. The first kappa shape index (κ1) is 20.4. The van der Waals surface area contributed by atoms with Crippen molar-refractivity contribution in [2.45, 2.75) is 12.8 Å². The highest BCUT2D eigenvalue weighted by Crippen LogP contribution is 2.15. The Bertz CT molecular complexity index is 863. The van der Waals surface area contributed by atoms with Gasteiger partial charge in [-0.05, 0) is 42.7 Å². The van der Waals surface area contributed by atoms with Gasteiger partial charge in [0.2, 0.25) is 5.91 Å². The third-order valence-corrected chi connectivity index (χ3v) is 5.23. The minimum Gasteiger partial charge on any atom is -0.482 e. The molecule has 2 aromatic rings. The van der Waals surface area contributed by atoms with E-state index in [2.05, 4.69) is 5.32 Å². The summed E-state index contributed by atoms with van der Waals surface area (Å²) in [6.45, 7) is -0.465. The van der Waals surface area contributed by atoms with E-state index in [4.69, 9.17) is 9.84 Å². The van der Waals surface area contributed by atoms with E-state index in [1.54, 1.807) is 0 Å². The highest BCUT2D eigenvalue weighted by molar-refractivity contribution is 7.92. The zero-order chi connectivity index (χ0) is 19.7. The van der Waals surface area contributed by atoms with Gasteiger partial charge in [0.15, 0.2) is 16.4 Å². The molecule has 0 heterocycles. The van der Waals surface area contributed by atoms with Crippen molar-refractivity contribution in [3.63, 3.8) is 0 Å². The molecule has 0 atom stereocenters. The maximum Gasteiger partial charge on any atom is 0.341 e. The molecule has 144 valence electrons. The van der Waals surface area contributed by atoms with Crippen molar-refractivity contribution < 1.29 is 27.9 Å². The summed E-state index contributed by atoms with van der Waals surface area (Å²) in [7, 11) is -3.50. The average molecular weight is 391 g/mol. The fourth-order valence-corrected chi connectivity index (χ4v) is 3.59. The first-order chi connectivity index (χ1) is 12.8. The van der Waals surface area contributed by atoms with E-state index in [9.17, 15) is 18.0 Å². The summed E-state index contributed by atoms with van der Waals surface area (Å²) < 4.78 is 29.2. The van der Waals surface area contributed by atoms with Gasteiger partial charge in [-0.3, -0.25) is 4.79 Å². The molecule has 0 unspecified atom stereocenters. The number of aryl methyl sites for hydroxylation is 1. The Labute approximate surface area is 157 Å². The lowest BCUT2D eigenvalue weighted by atomic mass is 10.1. The van der Waals surface area contributed by atoms with E-state index < -0.39 is 34.1 Å². The molecule has 2 rings (SSSR count). The van der Waals surface area contributed by atoms with E-state index in [-0.39, 0.29) is 5.75 Å². The third kappa shape index (κ3) is 7.91. The van der Waals surface area contributed by atoms with E-state index in [0.29, 0.717) is 24.3 Å². The Morgan fingerprint density at radius 2 is 1.67 bits per heavy atom. The second-order valence-corrected chi connectivity index (χ2v) is 8.12. The number of carbonyl (C=O) groups is 2. The molecule has 2 aromatic carbocycles. The van der Waals surface area contributed by atoms with E-state index in [0.717, 1.165) is 5.56 Å². The van der Waals surface area contributed by atoms with Crippen LogP contribution < -0.4 is 10.1 Å². The summed E-state index contributed by atoms with van der Waals surface area (Å²) in [5.74, 6) is -2.02. The van der Waals surface area contributed by atoms with Crippen LogP contribution in [0, 0.1) is 0 Å². The van der Waals surface area contributed by atoms with Crippen molar-refractivity contribution in [2.24, 2.45) is 0 Å². The first-order valence-electron chi connectivity index (χ1n) is 8.33. The highest BCUT2D eigenvalue weighted by Gasteiger charge is 2.16. The molecule has 0 aliphatic rings. The number of aliphatic carboxylic acids is 1. The van der Waals surface area contributed by atoms with Crippen molar-refractivity contribution in [2.75, 3.05) is 23.4 Å². The molecule has 7 nitrogen and oxygen atoms in total. The summed E-state index contributed by atoms with van der Waals surface area (Å²) in [5, 5.41) is 11.1. The van der Waals surface area contributed by atoms with Gasteiger partial charge in [-0.15, -0.1) is 0 Å². The molecule has 0 aliphatic heterocycles. The molecular formula is C19H21NO6S. The predicted molar refractivity (Wildman–Crippen MR) is 102 cm³/mol. The summed E-state index contributed by atoms with van der Waals surface area (Å²) in [5.41, 5.74) is 1.46. The van der Waals surface area contributed by atoms with Gasteiger partial charge in [0.1, 0.15) is 11.5 Å². The van der Waals surface area contributed by atoms with Gasteiger partial charge in [0.25, 0.3) is 0 Å². The van der Waals surface area contributed by atoms with Crippen LogP contribution in [0.15, 0.2) is 54.6 Å². The third-order valence-electron chi connectivity index (χ3n) is 3.62. The number of amides is 1. The van der Waals surface area contributed by atoms with Crippen molar-refractivity contribution in [3.8, 4) is 5.75 Å². The molecule has 0 fully saturated rings. The minimum absolute atomic E-state index is 0.0583. The zero-order valence-electron chi connectivity index (χ0n) is 14.6. The molecule has 2 N–H and O–H groups in total. The molecule has 0 saturated heterocycles. The van der Waals surface area contributed by atoms with Crippen molar-refractivity contribution in [1.82, 2.24) is 0 Å². The predicted octanol–water partition coefficient (Wildman–Crippen LogP) is 2.14. The Kier molecular flexibility index (Phi) is 7.36. The van der Waals surface area contributed by atoms with Crippen molar-refractivity contribution in [3.05, 3.63) is 60.2 Å². The zero-order valence-corrected chi connectivity index (χ0v) is 15.4. The number of rotatable bonds is 10. The van der Waals surface area contributed by atoms with Gasteiger partial charge >= 0.3 is 5.97 Å². The topological polar surface area (TPSA) is 110 Å². The second-order valence-electron chi connectivity index (χ2n) is 5.94. The number of hydrogen-bond acceptors (Lipinski definition) is 5. The van der Waals surface area contributed by atoms with Crippen LogP contribution >= 0.6 is 0 Å². The number of carboxylic acid groups (broad SMARTS) is 1. The Morgan fingerprint density at radius 3 is 2.30 bits per heavy atom. The minimum atomic E-state index is -3.50. The average Bonchev–Trinajstić information content (AvgIpc) is 2.61. The number of nitrogens with one attached hydrogen (secondary N) is 1. The maximum atomic E-state index is 12.1. The molecule has 0 radical (unpaired) electrons. The fraction of sp³-hybridized carbons (Fsp3) is 0.263. The standard InChI is InChI=1S/C19H21NO6S/c21-18(20-16-8-10-17(11-9-16)26-13-19(22)23)14-27(24,25)12-4-7-15-5-2-1-3-6-15/h1-3,5-6,8-11H,4,7,12-14H2,(H,20,21)(H,22,23). The van der Waals surface area contributed by atoms with Crippen LogP contribution in [0.5, 0.6) is 5.75 Å². The van der Waals surface area contributed by atoms with E-state index >= 15 is 0 Å². The summed E-state index contributed by atoms with van der Waals surface area (Å²) in [6.07, 6.45) is 1.09. The number of benzene rings is 2. The van der Waals surface area contributed by atoms with Crippen LogP contribution in [0.3, 0.4) is 0 Å². The molecular weight excluding hydrogens is 370 g/mol. The molecule has 8 heteroatoms. The quantitative estimate of drug-likeness (QED) is 0.642. The number of anilines is 1. The number of ether oxygens (including phenoxy) is 1. The lowest BCUT2D eigenvalue weighted by Crippen LogP contribution is -2.24. The SMILES string of the molecule is O=C(O)COc1ccc(NC(=O)CS(=O)(=O)CCCc2ccccc2)cc1. The van der Waals surface area contributed by atoms with Gasteiger partial charge in [0.05, 0.1) is 5.75 Å². The molecule has 27 heavy (non-hydrogen) atoms. The molecule has 1 amide bonds. The summed E-state index contributed by atoms with van der Waals surface area (Å²) in [6, 6.07) is 15.6. The van der Waals surface area contributed by atoms with Crippen molar-refractivity contribution >= 4 is 27.4 Å². The van der Waals surface area contributed by atoms with Crippen LogP contribution in [-0.2, 0) is 25.8 Å². The monoisotopic (exact) mass is 391 g/mol. The molecule has 0 aromatic heterocycles. The lowest BCUT2D eigenvalue weighted by molar-refractivity contribution is -0.139. The molecule has 0 spiro atoms. The van der Waals surface area contributed by atoms with Crippen LogP contribution in [-0.4, -0.2) is 43.5 Å². The molecule has 0 aliphatic carbocycles. The number of carboxylic acids is 1. The van der Waals surface area contributed by atoms with E-state index in [1.165, 1.54) is 24.3 Å². The number of sulfone groups is 1. The number of carbonyl (C=O) groups excluding carboxylic acids is 1. The van der Waals surface area contributed by atoms with Crippen molar-refractivity contribution in [1.29, 1.82) is 0 Å². The van der Waals surface area contributed by atoms with Gasteiger partial charge < -0.3 is 15.2 Å². The van der Waals surface area contributed by atoms with Crippen LogP contribution in [0.25, 0.3) is 0 Å². The second kappa shape index (κ2) is 9.72. The summed E-state index contributed by atoms with van der Waals surface area (Å²) in [4.78, 5) is 22.4. The maximum absolute atomic E-state index is 12.1. The van der Waals surface area contributed by atoms with Gasteiger partial charge in [-0.1, -0.05) is 30.3 Å². The summed E-state index contributed by atoms with van der Waals surface area (Å²) >= 11 is 0. The van der Waals surface area contributed by atoms with Gasteiger partial charge in [0, 0.05) is 5.69 Å². The van der Waals surface area contributed by atoms with Gasteiger partial charge in [-0.25, -0.2) is 13.2 Å². The Morgan fingerprint density at radius 1 is 1.00 bits per heavy atom. The molecule has 0 saturated carbocycles.